The van der Waals surface area contributed by atoms with E-state index in [1.807, 2.05) is 6.07 Å². The number of rotatable bonds is 4. The molecule has 2 rings (SSSR count). The summed E-state index contributed by atoms with van der Waals surface area (Å²) in [5.74, 6) is -0.459. The number of carbonyl (C=O) groups is 1. The minimum absolute atomic E-state index is 0.0323. The number of ether oxygens (including phenoxy) is 3. The van der Waals surface area contributed by atoms with Crippen molar-refractivity contribution in [2.45, 2.75) is 19.8 Å². The molecule has 0 saturated heterocycles. The van der Waals surface area contributed by atoms with Crippen LogP contribution in [0.1, 0.15) is 25.3 Å². The molecule has 1 aromatic rings. The van der Waals surface area contributed by atoms with E-state index in [2.05, 4.69) is 44.6 Å². The van der Waals surface area contributed by atoms with Crippen LogP contribution < -0.4 is 10.5 Å². The van der Waals surface area contributed by atoms with Crippen LogP contribution in [0.4, 0.5) is 0 Å². The van der Waals surface area contributed by atoms with Crippen molar-refractivity contribution >= 4 is 44.5 Å². The summed E-state index contributed by atoms with van der Waals surface area (Å²) in [5, 5.41) is 9.61. The van der Waals surface area contributed by atoms with Gasteiger partial charge >= 0.3 is 5.97 Å². The second kappa shape index (κ2) is 8.10. The first-order chi connectivity index (χ1) is 11.8. The Morgan fingerprint density at radius 1 is 1.52 bits per heavy atom. The Balaban J connectivity index is 2.78. The SMILES string of the molecule is CCOC(=O)C1=C(C)OC(N)=C(C#N)C1c1cc(Br)cc(I)c1OC. The van der Waals surface area contributed by atoms with Gasteiger partial charge in [0.1, 0.15) is 23.2 Å². The van der Waals surface area contributed by atoms with E-state index in [1.165, 1.54) is 7.11 Å². The average Bonchev–Trinajstić information content (AvgIpc) is 2.53. The number of benzene rings is 1. The highest BCUT2D eigenvalue weighted by Gasteiger charge is 2.38. The molecule has 1 atom stereocenters. The van der Waals surface area contributed by atoms with Gasteiger partial charge in [-0.2, -0.15) is 5.26 Å². The lowest BCUT2D eigenvalue weighted by atomic mass is 9.82. The Labute approximate surface area is 167 Å². The largest absolute Gasteiger partial charge is 0.495 e. The molecule has 132 valence electrons. The summed E-state index contributed by atoms with van der Waals surface area (Å²) >= 11 is 5.58. The lowest BCUT2D eigenvalue weighted by Gasteiger charge is -2.28. The standard InChI is InChI=1S/C17H16BrIN2O4/c1-4-24-17(22)13-8(2)25-16(21)11(7-20)14(13)10-5-9(18)6-12(19)15(10)23-3/h5-6,14H,4,21H2,1-3H3. The molecule has 0 saturated carbocycles. The molecule has 0 aliphatic carbocycles. The van der Waals surface area contributed by atoms with Gasteiger partial charge in [-0.3, -0.25) is 0 Å². The minimum atomic E-state index is -0.737. The van der Waals surface area contributed by atoms with Crippen LogP contribution in [0, 0.1) is 14.9 Å². The molecular formula is C17H16BrIN2O4. The fourth-order valence-electron chi connectivity index (χ4n) is 2.68. The highest BCUT2D eigenvalue weighted by molar-refractivity contribution is 14.1. The molecular weight excluding hydrogens is 503 g/mol. The van der Waals surface area contributed by atoms with Gasteiger partial charge in [0.25, 0.3) is 0 Å². The quantitative estimate of drug-likeness (QED) is 0.482. The molecule has 8 heteroatoms. The van der Waals surface area contributed by atoms with Gasteiger partial charge < -0.3 is 19.9 Å². The first kappa shape index (κ1) is 19.6. The summed E-state index contributed by atoms with van der Waals surface area (Å²) in [6.07, 6.45) is 0. The minimum Gasteiger partial charge on any atom is -0.495 e. The normalized spacial score (nSPS) is 17.0. The van der Waals surface area contributed by atoms with Gasteiger partial charge in [-0.25, -0.2) is 4.79 Å². The zero-order valence-corrected chi connectivity index (χ0v) is 17.6. The molecule has 1 aliphatic heterocycles. The third-order valence-corrected chi connectivity index (χ3v) is 4.91. The molecule has 0 radical (unpaired) electrons. The van der Waals surface area contributed by atoms with Crippen LogP contribution in [0.2, 0.25) is 0 Å². The topological polar surface area (TPSA) is 94.6 Å². The van der Waals surface area contributed by atoms with Crippen LogP contribution >= 0.6 is 38.5 Å². The van der Waals surface area contributed by atoms with Crippen LogP contribution in [-0.4, -0.2) is 19.7 Å². The molecule has 0 aromatic heterocycles. The van der Waals surface area contributed by atoms with Crippen molar-refractivity contribution in [1.82, 2.24) is 0 Å². The van der Waals surface area contributed by atoms with Crippen molar-refractivity contribution in [3.8, 4) is 11.8 Å². The number of hydrogen-bond donors (Lipinski definition) is 1. The average molecular weight is 519 g/mol. The van der Waals surface area contributed by atoms with Crippen LogP contribution in [0.5, 0.6) is 5.75 Å². The van der Waals surface area contributed by atoms with Crippen molar-refractivity contribution in [3.63, 3.8) is 0 Å². The summed E-state index contributed by atoms with van der Waals surface area (Å²) in [4.78, 5) is 12.5. The van der Waals surface area contributed by atoms with Crippen molar-refractivity contribution in [1.29, 1.82) is 5.26 Å². The molecule has 0 fully saturated rings. The van der Waals surface area contributed by atoms with Crippen molar-refractivity contribution < 1.29 is 19.0 Å². The van der Waals surface area contributed by atoms with E-state index in [0.717, 1.165) is 8.04 Å². The summed E-state index contributed by atoms with van der Waals surface area (Å²) in [7, 11) is 1.54. The summed E-state index contributed by atoms with van der Waals surface area (Å²) < 4.78 is 17.7. The number of nitrogens with two attached hydrogens (primary N) is 1. The number of allylic oxidation sites excluding steroid dienone is 2. The molecule has 1 heterocycles. The third kappa shape index (κ3) is 3.77. The van der Waals surface area contributed by atoms with E-state index < -0.39 is 11.9 Å². The second-order valence-electron chi connectivity index (χ2n) is 5.13. The third-order valence-electron chi connectivity index (χ3n) is 3.65. The van der Waals surface area contributed by atoms with Crippen molar-refractivity contribution in [2.24, 2.45) is 5.73 Å². The molecule has 1 unspecified atom stereocenters. The predicted octanol–water partition coefficient (Wildman–Crippen LogP) is 3.71. The van der Waals surface area contributed by atoms with Gasteiger partial charge in [0.2, 0.25) is 5.88 Å². The highest BCUT2D eigenvalue weighted by Crippen LogP contribution is 2.45. The maximum absolute atomic E-state index is 12.5. The molecule has 0 spiro atoms. The molecule has 6 nitrogen and oxygen atoms in total. The van der Waals surface area contributed by atoms with Gasteiger partial charge in [-0.05, 0) is 48.6 Å². The molecule has 1 aliphatic rings. The molecule has 0 amide bonds. The Kier molecular flexibility index (Phi) is 6.35. The second-order valence-corrected chi connectivity index (χ2v) is 7.20. The lowest BCUT2D eigenvalue weighted by molar-refractivity contribution is -0.139. The molecule has 2 N–H and O–H groups in total. The fourth-order valence-corrected chi connectivity index (χ4v) is 4.45. The molecule has 1 aromatic carbocycles. The van der Waals surface area contributed by atoms with Gasteiger partial charge in [0.05, 0.1) is 28.8 Å². The van der Waals surface area contributed by atoms with E-state index in [9.17, 15) is 10.1 Å². The van der Waals surface area contributed by atoms with Crippen LogP contribution in [0.15, 0.2) is 39.4 Å². The fraction of sp³-hybridized carbons (Fsp3) is 0.294. The number of esters is 1. The number of carbonyl (C=O) groups excluding carboxylic acids is 1. The Bertz CT molecular complexity index is 827. The van der Waals surface area contributed by atoms with Crippen molar-refractivity contribution in [3.05, 3.63) is 48.5 Å². The maximum atomic E-state index is 12.5. The Hall–Kier alpha value is -1.73. The number of hydrogen-bond acceptors (Lipinski definition) is 6. The molecule has 25 heavy (non-hydrogen) atoms. The van der Waals surface area contributed by atoms with E-state index in [-0.39, 0.29) is 23.6 Å². The maximum Gasteiger partial charge on any atom is 0.338 e. The first-order valence-electron chi connectivity index (χ1n) is 7.34. The van der Waals surface area contributed by atoms with Gasteiger partial charge in [-0.15, -0.1) is 0 Å². The number of nitrogens with zero attached hydrogens (tertiary/aromatic N) is 1. The van der Waals surface area contributed by atoms with E-state index in [1.54, 1.807) is 19.9 Å². The number of methoxy groups -OCH3 is 1. The zero-order chi connectivity index (χ0) is 18.7. The van der Waals surface area contributed by atoms with E-state index in [4.69, 9.17) is 19.9 Å². The van der Waals surface area contributed by atoms with Gasteiger partial charge in [0.15, 0.2) is 0 Å². The Morgan fingerprint density at radius 3 is 2.76 bits per heavy atom. The predicted molar refractivity (Wildman–Crippen MR) is 103 cm³/mol. The number of halogens is 2. The monoisotopic (exact) mass is 518 g/mol. The summed E-state index contributed by atoms with van der Waals surface area (Å²) in [6, 6.07) is 5.73. The van der Waals surface area contributed by atoms with Gasteiger partial charge in [-0.1, -0.05) is 15.9 Å². The zero-order valence-electron chi connectivity index (χ0n) is 13.9. The lowest BCUT2D eigenvalue weighted by Crippen LogP contribution is -2.26. The van der Waals surface area contributed by atoms with Crippen LogP contribution in [0.25, 0.3) is 0 Å². The summed E-state index contributed by atoms with van der Waals surface area (Å²) in [5.41, 5.74) is 6.91. The molecule has 0 bridgehead atoms. The summed E-state index contributed by atoms with van der Waals surface area (Å²) in [6.45, 7) is 3.54. The van der Waals surface area contributed by atoms with Crippen molar-refractivity contribution in [2.75, 3.05) is 13.7 Å². The van der Waals surface area contributed by atoms with E-state index >= 15 is 0 Å². The van der Waals surface area contributed by atoms with E-state index in [0.29, 0.717) is 17.1 Å². The van der Waals surface area contributed by atoms with Crippen LogP contribution in [-0.2, 0) is 14.3 Å². The van der Waals surface area contributed by atoms with Crippen LogP contribution in [0.3, 0.4) is 0 Å². The Morgan fingerprint density at radius 2 is 2.20 bits per heavy atom. The van der Waals surface area contributed by atoms with Gasteiger partial charge in [0, 0.05) is 10.0 Å². The first-order valence-corrected chi connectivity index (χ1v) is 9.21. The smallest absolute Gasteiger partial charge is 0.338 e. The number of nitriles is 1. The highest BCUT2D eigenvalue weighted by atomic mass is 127.